The third-order valence-electron chi connectivity index (χ3n) is 3.97. The molecule has 2 aromatic carbocycles. The second-order valence-electron chi connectivity index (χ2n) is 5.90. The summed E-state index contributed by atoms with van der Waals surface area (Å²) in [6.45, 7) is -0.521. The van der Waals surface area contributed by atoms with E-state index in [1.807, 2.05) is 0 Å². The highest BCUT2D eigenvalue weighted by Gasteiger charge is 2.30. The zero-order chi connectivity index (χ0) is 20.3. The molecule has 9 heteroatoms. The van der Waals surface area contributed by atoms with Crippen LogP contribution in [0.3, 0.4) is 0 Å². The van der Waals surface area contributed by atoms with Crippen LogP contribution in [0.5, 0.6) is 0 Å². The smallest absolute Gasteiger partial charge is 0.338 e. The molecule has 7 nitrogen and oxygen atoms in total. The van der Waals surface area contributed by atoms with E-state index in [1.165, 1.54) is 24.3 Å². The molecule has 3 amide bonds. The van der Waals surface area contributed by atoms with Crippen molar-refractivity contribution < 1.29 is 23.9 Å². The van der Waals surface area contributed by atoms with Gasteiger partial charge in [0, 0.05) is 12.8 Å². The predicted octanol–water partition coefficient (Wildman–Crippen LogP) is 3.44. The van der Waals surface area contributed by atoms with E-state index in [0.717, 1.165) is 4.90 Å². The van der Waals surface area contributed by atoms with E-state index in [9.17, 15) is 19.2 Å². The monoisotopic (exact) mass is 420 g/mol. The Morgan fingerprint density at radius 3 is 2.29 bits per heavy atom. The first-order chi connectivity index (χ1) is 13.4. The Bertz CT molecular complexity index is 943. The van der Waals surface area contributed by atoms with Gasteiger partial charge in [-0.25, -0.2) is 4.79 Å². The molecule has 0 bridgehead atoms. The molecular weight excluding hydrogens is 407 g/mol. The fourth-order valence-corrected chi connectivity index (χ4v) is 2.96. The Hall–Kier alpha value is -2.90. The van der Waals surface area contributed by atoms with Gasteiger partial charge in [0.15, 0.2) is 6.61 Å². The molecule has 0 spiro atoms. The van der Waals surface area contributed by atoms with Crippen molar-refractivity contribution in [3.05, 3.63) is 58.1 Å². The number of ether oxygens (including phenoxy) is 1. The molecule has 1 N–H and O–H groups in total. The molecule has 0 unspecified atom stereocenters. The van der Waals surface area contributed by atoms with Crippen LogP contribution in [0.15, 0.2) is 42.5 Å². The number of hydrogen-bond donors (Lipinski definition) is 1. The summed E-state index contributed by atoms with van der Waals surface area (Å²) in [5.74, 6) is -1.87. The van der Waals surface area contributed by atoms with Gasteiger partial charge in [-0.05, 0) is 36.4 Å². The van der Waals surface area contributed by atoms with Crippen LogP contribution in [-0.4, -0.2) is 30.3 Å². The van der Waals surface area contributed by atoms with Crippen molar-refractivity contribution in [2.75, 3.05) is 16.8 Å². The molecule has 144 valence electrons. The molecule has 0 aromatic heterocycles. The number of carbonyl (C=O) groups is 4. The van der Waals surface area contributed by atoms with E-state index in [2.05, 4.69) is 5.32 Å². The van der Waals surface area contributed by atoms with Gasteiger partial charge in [0.1, 0.15) is 0 Å². The molecule has 2 aromatic rings. The van der Waals surface area contributed by atoms with Crippen molar-refractivity contribution in [1.82, 2.24) is 0 Å². The maximum absolute atomic E-state index is 12.1. The third kappa shape index (κ3) is 4.32. The van der Waals surface area contributed by atoms with Crippen molar-refractivity contribution in [3.63, 3.8) is 0 Å². The lowest BCUT2D eigenvalue weighted by Crippen LogP contribution is -2.28. The Morgan fingerprint density at radius 1 is 1.00 bits per heavy atom. The normalized spacial score (nSPS) is 13.6. The second kappa shape index (κ2) is 8.41. The van der Waals surface area contributed by atoms with Gasteiger partial charge >= 0.3 is 5.97 Å². The van der Waals surface area contributed by atoms with E-state index < -0.39 is 18.5 Å². The summed E-state index contributed by atoms with van der Waals surface area (Å²) >= 11 is 11.8. The van der Waals surface area contributed by atoms with Gasteiger partial charge in [0.25, 0.3) is 5.91 Å². The summed E-state index contributed by atoms with van der Waals surface area (Å²) in [6, 6.07) is 10.5. The number of nitrogens with one attached hydrogen (secondary N) is 1. The number of anilines is 2. The summed E-state index contributed by atoms with van der Waals surface area (Å²) in [5, 5.41) is 2.97. The topological polar surface area (TPSA) is 92.8 Å². The van der Waals surface area contributed by atoms with Crippen molar-refractivity contribution in [1.29, 1.82) is 0 Å². The van der Waals surface area contributed by atoms with E-state index in [0.29, 0.717) is 11.4 Å². The number of carbonyl (C=O) groups excluding carboxylic acids is 4. The largest absolute Gasteiger partial charge is 0.452 e. The molecule has 1 aliphatic rings. The predicted molar refractivity (Wildman–Crippen MR) is 104 cm³/mol. The second-order valence-corrected chi connectivity index (χ2v) is 6.68. The van der Waals surface area contributed by atoms with Gasteiger partial charge in [0.2, 0.25) is 11.8 Å². The standard InChI is InChI=1S/C19H14Cl2N2O5/c20-13-2-1-3-14(18(13)21)22-15(24)10-28-19(27)11-4-6-12(7-5-11)23-16(25)8-9-17(23)26/h1-7H,8-10H2,(H,22,24). The maximum Gasteiger partial charge on any atom is 0.338 e. The molecule has 1 heterocycles. The summed E-state index contributed by atoms with van der Waals surface area (Å²) in [4.78, 5) is 48.6. The quantitative estimate of drug-likeness (QED) is 0.590. The Kier molecular flexibility index (Phi) is 5.96. The minimum Gasteiger partial charge on any atom is -0.452 e. The minimum atomic E-state index is -0.724. The first-order valence-electron chi connectivity index (χ1n) is 8.23. The number of halogens is 2. The molecule has 1 aliphatic heterocycles. The number of benzene rings is 2. The van der Waals surface area contributed by atoms with Gasteiger partial charge in [0.05, 0.1) is 27.0 Å². The first-order valence-corrected chi connectivity index (χ1v) is 8.99. The minimum absolute atomic E-state index is 0.175. The molecule has 0 radical (unpaired) electrons. The number of amides is 3. The number of esters is 1. The summed E-state index contributed by atoms with van der Waals surface area (Å²) in [5.41, 5.74) is 0.869. The number of nitrogens with zero attached hydrogens (tertiary/aromatic N) is 1. The molecule has 0 aliphatic carbocycles. The summed E-state index contributed by atoms with van der Waals surface area (Å²) < 4.78 is 4.97. The van der Waals surface area contributed by atoms with E-state index in [1.54, 1.807) is 18.2 Å². The van der Waals surface area contributed by atoms with Crippen LogP contribution in [0, 0.1) is 0 Å². The average Bonchev–Trinajstić information content (AvgIpc) is 3.02. The van der Waals surface area contributed by atoms with Crippen LogP contribution in [0.4, 0.5) is 11.4 Å². The van der Waals surface area contributed by atoms with Crippen LogP contribution in [0.1, 0.15) is 23.2 Å². The van der Waals surface area contributed by atoms with Gasteiger partial charge in [-0.15, -0.1) is 0 Å². The van der Waals surface area contributed by atoms with E-state index >= 15 is 0 Å². The van der Waals surface area contributed by atoms with Gasteiger partial charge in [-0.2, -0.15) is 0 Å². The van der Waals surface area contributed by atoms with Gasteiger partial charge in [-0.3, -0.25) is 19.3 Å². The Balaban J connectivity index is 1.57. The van der Waals surface area contributed by atoms with Crippen molar-refractivity contribution in [2.45, 2.75) is 12.8 Å². The maximum atomic E-state index is 12.1. The highest BCUT2D eigenvalue weighted by molar-refractivity contribution is 6.44. The molecule has 1 saturated heterocycles. The molecule has 1 fully saturated rings. The first kappa shape index (κ1) is 19.9. The van der Waals surface area contributed by atoms with Crippen molar-refractivity contribution in [2.24, 2.45) is 0 Å². The van der Waals surface area contributed by atoms with Crippen LogP contribution >= 0.6 is 23.2 Å². The van der Waals surface area contributed by atoms with Gasteiger partial charge < -0.3 is 10.1 Å². The fraction of sp³-hybridized carbons (Fsp3) is 0.158. The lowest BCUT2D eigenvalue weighted by Gasteiger charge is -2.14. The Labute approximate surface area is 170 Å². The number of imide groups is 1. The molecule has 3 rings (SSSR count). The fourth-order valence-electron chi connectivity index (χ4n) is 2.61. The van der Waals surface area contributed by atoms with E-state index in [4.69, 9.17) is 27.9 Å². The summed E-state index contributed by atoms with van der Waals surface area (Å²) in [7, 11) is 0. The van der Waals surface area contributed by atoms with Crippen LogP contribution in [0.25, 0.3) is 0 Å². The zero-order valence-electron chi connectivity index (χ0n) is 14.4. The highest BCUT2D eigenvalue weighted by atomic mass is 35.5. The lowest BCUT2D eigenvalue weighted by atomic mass is 10.2. The van der Waals surface area contributed by atoms with Crippen molar-refractivity contribution >= 4 is 58.3 Å². The summed E-state index contributed by atoms with van der Waals surface area (Å²) in [6.07, 6.45) is 0.350. The zero-order valence-corrected chi connectivity index (χ0v) is 15.9. The van der Waals surface area contributed by atoms with E-state index in [-0.39, 0.29) is 40.3 Å². The van der Waals surface area contributed by atoms with Crippen LogP contribution in [-0.2, 0) is 19.1 Å². The SMILES string of the molecule is O=C(COC(=O)c1ccc(N2C(=O)CCC2=O)cc1)Nc1cccc(Cl)c1Cl. The molecular formula is C19H14Cl2N2O5. The Morgan fingerprint density at radius 2 is 1.64 bits per heavy atom. The van der Waals surface area contributed by atoms with Gasteiger partial charge in [-0.1, -0.05) is 29.3 Å². The lowest BCUT2D eigenvalue weighted by molar-refractivity contribution is -0.121. The molecule has 0 atom stereocenters. The number of hydrogen-bond acceptors (Lipinski definition) is 5. The van der Waals surface area contributed by atoms with Crippen molar-refractivity contribution in [3.8, 4) is 0 Å². The third-order valence-corrected chi connectivity index (χ3v) is 4.79. The van der Waals surface area contributed by atoms with Crippen LogP contribution in [0.2, 0.25) is 10.0 Å². The van der Waals surface area contributed by atoms with Crippen LogP contribution < -0.4 is 10.2 Å². The average molecular weight is 421 g/mol. The number of rotatable bonds is 5. The molecule has 28 heavy (non-hydrogen) atoms. The highest BCUT2D eigenvalue weighted by Crippen LogP contribution is 2.29. The molecule has 0 saturated carbocycles.